The van der Waals surface area contributed by atoms with Gasteiger partial charge >= 0.3 is 6.18 Å². The molecule has 1 aromatic carbocycles. The first-order valence-electron chi connectivity index (χ1n) is 12.5. The van der Waals surface area contributed by atoms with E-state index in [2.05, 4.69) is 20.8 Å². The van der Waals surface area contributed by atoms with Crippen molar-refractivity contribution in [3.05, 3.63) is 29.8 Å². The van der Waals surface area contributed by atoms with Gasteiger partial charge in [-0.25, -0.2) is 0 Å². The van der Waals surface area contributed by atoms with Crippen molar-refractivity contribution in [2.75, 3.05) is 7.05 Å². The summed E-state index contributed by atoms with van der Waals surface area (Å²) in [4.78, 5) is 14.9. The Hall–Kier alpha value is -1.72. The van der Waals surface area contributed by atoms with E-state index in [1.165, 1.54) is 37.8 Å². The Kier molecular flexibility index (Phi) is 5.34. The maximum absolute atomic E-state index is 13.0. The molecule has 1 amide bonds. The third-order valence-electron chi connectivity index (χ3n) is 10.3. The predicted octanol–water partition coefficient (Wildman–Crippen LogP) is 6.56. The number of carbonyl (C=O) groups is 1. The number of rotatable bonds is 2. The quantitative estimate of drug-likeness (QED) is 0.497. The molecule has 4 fully saturated rings. The lowest BCUT2D eigenvalue weighted by Gasteiger charge is -2.64. The third-order valence-corrected chi connectivity index (χ3v) is 10.3. The molecule has 3 unspecified atom stereocenters. The van der Waals surface area contributed by atoms with Crippen LogP contribution in [0.15, 0.2) is 24.3 Å². The number of benzene rings is 1. The van der Waals surface area contributed by atoms with Gasteiger partial charge in [0.25, 0.3) is 0 Å². The summed E-state index contributed by atoms with van der Waals surface area (Å²) in [6.45, 7) is 7.16. The maximum atomic E-state index is 13.0. The average molecular weight is 464 g/mol. The van der Waals surface area contributed by atoms with Gasteiger partial charge in [0, 0.05) is 18.5 Å². The first kappa shape index (κ1) is 23.0. The van der Waals surface area contributed by atoms with Crippen molar-refractivity contribution < 1.29 is 22.7 Å². The zero-order chi connectivity index (χ0) is 23.8. The van der Waals surface area contributed by atoms with E-state index in [9.17, 15) is 18.0 Å². The molecular weight excluding hydrogens is 427 g/mol. The minimum absolute atomic E-state index is 0.0709. The van der Waals surface area contributed by atoms with Crippen molar-refractivity contribution in [3.8, 4) is 5.75 Å². The minimum atomic E-state index is -4.37. The molecule has 33 heavy (non-hydrogen) atoms. The van der Waals surface area contributed by atoms with Crippen LogP contribution in [0.4, 0.5) is 13.2 Å². The Morgan fingerprint density at radius 2 is 1.76 bits per heavy atom. The maximum Gasteiger partial charge on any atom is 0.416 e. The molecular formula is C27H36F3NO2. The highest BCUT2D eigenvalue weighted by atomic mass is 19.4. The highest BCUT2D eigenvalue weighted by Crippen LogP contribution is 2.66. The predicted molar refractivity (Wildman–Crippen MR) is 121 cm³/mol. The number of ether oxygens (including phenoxy) is 1. The topological polar surface area (TPSA) is 29.5 Å². The summed E-state index contributed by atoms with van der Waals surface area (Å²) in [5.74, 6) is 2.84. The fourth-order valence-electron chi connectivity index (χ4n) is 8.49. The van der Waals surface area contributed by atoms with Crippen LogP contribution in [0.5, 0.6) is 5.75 Å². The van der Waals surface area contributed by atoms with Crippen LogP contribution in [-0.2, 0) is 11.0 Å². The molecule has 3 nitrogen and oxygen atoms in total. The number of halogens is 3. The van der Waals surface area contributed by atoms with E-state index < -0.39 is 11.7 Å². The van der Waals surface area contributed by atoms with Crippen molar-refractivity contribution >= 4 is 5.91 Å². The van der Waals surface area contributed by atoms with Gasteiger partial charge in [-0.3, -0.25) is 4.79 Å². The van der Waals surface area contributed by atoms with Crippen LogP contribution in [0.1, 0.15) is 71.3 Å². The lowest BCUT2D eigenvalue weighted by molar-refractivity contribution is -0.189. The van der Waals surface area contributed by atoms with E-state index in [-0.39, 0.29) is 29.9 Å². The molecule has 1 heterocycles. The van der Waals surface area contributed by atoms with Crippen molar-refractivity contribution in [3.63, 3.8) is 0 Å². The first-order valence-corrected chi connectivity index (χ1v) is 12.5. The van der Waals surface area contributed by atoms with Crippen LogP contribution in [0.2, 0.25) is 0 Å². The minimum Gasteiger partial charge on any atom is -0.489 e. The highest BCUT2D eigenvalue weighted by Gasteiger charge is 2.64. The Bertz CT molecular complexity index is 915. The number of likely N-dealkylation sites (tertiary alicyclic amines) is 1. The van der Waals surface area contributed by atoms with Crippen LogP contribution < -0.4 is 4.74 Å². The van der Waals surface area contributed by atoms with Crippen molar-refractivity contribution in [1.29, 1.82) is 0 Å². The normalized spacial score (nSPS) is 43.0. The molecule has 0 spiro atoms. The smallest absolute Gasteiger partial charge is 0.416 e. The van der Waals surface area contributed by atoms with Gasteiger partial charge < -0.3 is 9.64 Å². The van der Waals surface area contributed by atoms with E-state index >= 15 is 0 Å². The average Bonchev–Trinajstić information content (AvgIpc) is 3.15. The molecule has 3 saturated carbocycles. The van der Waals surface area contributed by atoms with Gasteiger partial charge in [-0.1, -0.05) is 27.2 Å². The van der Waals surface area contributed by atoms with E-state index in [0.29, 0.717) is 28.9 Å². The Morgan fingerprint density at radius 1 is 1.06 bits per heavy atom. The molecule has 0 radical (unpaired) electrons. The second-order valence-electron chi connectivity index (χ2n) is 11.8. The van der Waals surface area contributed by atoms with Gasteiger partial charge in [0.15, 0.2) is 0 Å². The largest absolute Gasteiger partial charge is 0.489 e. The molecule has 0 N–H and O–H groups in total. The van der Waals surface area contributed by atoms with Crippen molar-refractivity contribution in [1.82, 2.24) is 4.90 Å². The Morgan fingerprint density at radius 3 is 2.42 bits per heavy atom. The summed E-state index contributed by atoms with van der Waals surface area (Å²) < 4.78 is 45.5. The van der Waals surface area contributed by atoms with Gasteiger partial charge in [-0.15, -0.1) is 0 Å². The summed E-state index contributed by atoms with van der Waals surface area (Å²) in [6, 6.07) is 5.05. The van der Waals surface area contributed by atoms with Crippen LogP contribution in [0, 0.1) is 34.5 Å². The third kappa shape index (κ3) is 3.49. The number of alkyl halides is 3. The van der Waals surface area contributed by atoms with Crippen LogP contribution in [0.25, 0.3) is 0 Å². The Labute approximate surface area is 195 Å². The van der Waals surface area contributed by atoms with Crippen molar-refractivity contribution in [2.45, 2.75) is 84.0 Å². The number of fused-ring (bicyclic) bond motifs is 5. The fraction of sp³-hybridized carbons (Fsp3) is 0.741. The SMILES string of the molecule is CC1CC2N(C)C(=O)CC(Oc3ccc(C(F)(F)F)cc3)[C@]2(C)[C@@H]2CC[C@]3(C)CCC[C@H]3[C@H]12. The highest BCUT2D eigenvalue weighted by molar-refractivity contribution is 5.78. The van der Waals surface area contributed by atoms with E-state index in [4.69, 9.17) is 4.74 Å². The van der Waals surface area contributed by atoms with Crippen LogP contribution in [0.3, 0.4) is 0 Å². The molecule has 4 aliphatic rings. The summed E-state index contributed by atoms with van der Waals surface area (Å²) in [7, 11) is 1.93. The number of nitrogens with zero attached hydrogens (tertiary/aromatic N) is 1. The molecule has 5 rings (SSSR count). The summed E-state index contributed by atoms with van der Waals surface area (Å²) in [5.41, 5.74) is -0.469. The standard InChI is InChI=1S/C27H36F3NO2/c1-16-14-21-26(3,20-11-13-25(2)12-5-6-19(25)24(16)20)22(15-23(32)31(21)4)33-18-9-7-17(8-10-18)27(28,29)30/h7-10,16,19-22,24H,5-6,11-15H2,1-4H3/t16?,19-,20+,21?,22?,24-,25-,26+/m0/s1. The van der Waals surface area contributed by atoms with E-state index in [1.54, 1.807) is 0 Å². The van der Waals surface area contributed by atoms with Crippen LogP contribution >= 0.6 is 0 Å². The van der Waals surface area contributed by atoms with Crippen molar-refractivity contribution in [2.24, 2.45) is 34.5 Å². The lowest BCUT2D eigenvalue weighted by atomic mass is 9.44. The molecule has 182 valence electrons. The number of hydrogen-bond donors (Lipinski definition) is 0. The fourth-order valence-corrected chi connectivity index (χ4v) is 8.49. The van der Waals surface area contributed by atoms with Gasteiger partial charge in [-0.2, -0.15) is 13.2 Å². The first-order chi connectivity index (χ1) is 15.4. The van der Waals surface area contributed by atoms with Gasteiger partial charge in [0.05, 0.1) is 12.0 Å². The van der Waals surface area contributed by atoms with E-state index in [1.807, 2.05) is 11.9 Å². The number of hydrogen-bond acceptors (Lipinski definition) is 2. The lowest BCUT2D eigenvalue weighted by Crippen LogP contribution is -2.68. The Balaban J connectivity index is 1.49. The van der Waals surface area contributed by atoms with Gasteiger partial charge in [-0.05, 0) is 85.5 Å². The summed E-state index contributed by atoms with van der Waals surface area (Å²) in [6.07, 6.45) is 2.84. The summed E-state index contributed by atoms with van der Waals surface area (Å²) in [5, 5.41) is 0. The number of carbonyl (C=O) groups excluding carboxylic acids is 1. The van der Waals surface area contributed by atoms with E-state index in [0.717, 1.165) is 30.9 Å². The molecule has 1 saturated heterocycles. The molecule has 0 bridgehead atoms. The number of piperidine rings is 1. The number of amides is 1. The monoisotopic (exact) mass is 463 g/mol. The van der Waals surface area contributed by atoms with Gasteiger partial charge in [0.2, 0.25) is 5.91 Å². The molecule has 1 aromatic rings. The molecule has 1 aliphatic heterocycles. The summed E-state index contributed by atoms with van der Waals surface area (Å²) >= 11 is 0. The zero-order valence-corrected chi connectivity index (χ0v) is 20.1. The van der Waals surface area contributed by atoms with Gasteiger partial charge in [0.1, 0.15) is 11.9 Å². The molecule has 0 aromatic heterocycles. The molecule has 8 atom stereocenters. The zero-order valence-electron chi connectivity index (χ0n) is 20.1. The molecule has 3 aliphatic carbocycles. The molecule has 6 heteroatoms. The second-order valence-corrected chi connectivity index (χ2v) is 11.8. The van der Waals surface area contributed by atoms with Crippen LogP contribution in [-0.4, -0.2) is 30.0 Å². The second kappa shape index (κ2) is 7.64.